The molecule has 9 heteroatoms. The van der Waals surface area contributed by atoms with E-state index in [0.717, 1.165) is 50.0 Å². The van der Waals surface area contributed by atoms with Crippen LogP contribution in [0.5, 0.6) is 0 Å². The summed E-state index contributed by atoms with van der Waals surface area (Å²) in [6.45, 7) is 1.85. The first-order chi connectivity index (χ1) is 12.9. The second kappa shape index (κ2) is 7.37. The molecule has 3 aliphatic rings. The van der Waals surface area contributed by atoms with Gasteiger partial charge in [0, 0.05) is 43.5 Å². The second-order valence-corrected chi connectivity index (χ2v) is 9.71. The maximum atomic E-state index is 11.6. The third-order valence-corrected chi connectivity index (χ3v) is 7.04. The van der Waals surface area contributed by atoms with E-state index in [9.17, 15) is 13.5 Å². The van der Waals surface area contributed by atoms with Crippen LogP contribution in [0.15, 0.2) is 12.3 Å². The molecular weight excluding hydrogens is 366 g/mol. The van der Waals surface area contributed by atoms with E-state index in [-0.39, 0.29) is 12.1 Å². The molecule has 0 aromatic carbocycles. The predicted octanol–water partition coefficient (Wildman–Crippen LogP) is 1.06. The molecule has 2 fully saturated rings. The Kier molecular flexibility index (Phi) is 5.09. The van der Waals surface area contributed by atoms with Crippen LogP contribution in [-0.2, 0) is 10.0 Å². The minimum atomic E-state index is -3.12. The first kappa shape index (κ1) is 18.6. The minimum Gasteiger partial charge on any atom is -0.393 e. The zero-order chi connectivity index (χ0) is 19.0. The highest BCUT2D eigenvalue weighted by atomic mass is 32.2. The van der Waals surface area contributed by atoms with E-state index in [0.29, 0.717) is 25.1 Å². The lowest BCUT2D eigenvalue weighted by molar-refractivity contribution is 0.181. The van der Waals surface area contributed by atoms with Crippen LogP contribution in [0.4, 0.5) is 11.8 Å². The van der Waals surface area contributed by atoms with E-state index >= 15 is 0 Å². The predicted molar refractivity (Wildman–Crippen MR) is 105 cm³/mol. The van der Waals surface area contributed by atoms with E-state index in [1.165, 1.54) is 10.6 Å². The Hall–Kier alpha value is -1.71. The molecule has 2 aliphatic heterocycles. The van der Waals surface area contributed by atoms with Gasteiger partial charge in [-0.25, -0.2) is 17.7 Å². The van der Waals surface area contributed by atoms with Gasteiger partial charge in [0.05, 0.1) is 12.4 Å². The van der Waals surface area contributed by atoms with Crippen LogP contribution >= 0.6 is 0 Å². The normalized spacial score (nSPS) is 27.0. The zero-order valence-corrected chi connectivity index (χ0v) is 16.4. The van der Waals surface area contributed by atoms with Crippen molar-refractivity contribution in [3.05, 3.63) is 17.8 Å². The summed E-state index contributed by atoms with van der Waals surface area (Å²) in [7, 11) is -3.12. The number of fused-ring (bicyclic) bond motifs is 1. The van der Waals surface area contributed by atoms with E-state index in [2.05, 4.69) is 21.3 Å². The Morgan fingerprint density at radius 2 is 2.00 bits per heavy atom. The molecule has 2 atom stereocenters. The highest BCUT2D eigenvalue weighted by molar-refractivity contribution is 7.88. The molecule has 1 aromatic rings. The lowest BCUT2D eigenvalue weighted by Crippen LogP contribution is -2.42. The summed E-state index contributed by atoms with van der Waals surface area (Å²) in [6, 6.07) is 0.478. The van der Waals surface area contributed by atoms with Gasteiger partial charge in [-0.05, 0) is 32.1 Å². The van der Waals surface area contributed by atoms with Crippen molar-refractivity contribution < 1.29 is 13.5 Å². The second-order valence-electron chi connectivity index (χ2n) is 7.73. The molecule has 0 radical (unpaired) electrons. The number of hydrogen-bond acceptors (Lipinski definition) is 7. The summed E-state index contributed by atoms with van der Waals surface area (Å²) in [6.07, 6.45) is 11.1. The fourth-order valence-corrected chi connectivity index (χ4v) is 5.11. The Morgan fingerprint density at radius 3 is 2.67 bits per heavy atom. The van der Waals surface area contributed by atoms with Crippen LogP contribution in [0.1, 0.15) is 37.7 Å². The minimum absolute atomic E-state index is 0.168. The maximum Gasteiger partial charge on any atom is 0.224 e. The molecule has 4 rings (SSSR count). The third kappa shape index (κ3) is 4.09. The molecule has 0 amide bonds. The largest absolute Gasteiger partial charge is 0.393 e. The van der Waals surface area contributed by atoms with Gasteiger partial charge >= 0.3 is 0 Å². The molecule has 3 heterocycles. The molecule has 0 unspecified atom stereocenters. The first-order valence-corrected chi connectivity index (χ1v) is 11.4. The van der Waals surface area contributed by atoms with Crippen molar-refractivity contribution >= 4 is 27.9 Å². The fraction of sp³-hybridized carbons (Fsp3) is 0.667. The zero-order valence-electron chi connectivity index (χ0n) is 15.6. The topological polar surface area (TPSA) is 98.7 Å². The first-order valence-electron chi connectivity index (χ1n) is 9.60. The van der Waals surface area contributed by atoms with Crippen molar-refractivity contribution in [2.45, 2.75) is 50.3 Å². The number of nitrogens with zero attached hydrogens (tertiary/aromatic N) is 4. The molecule has 148 valence electrons. The molecule has 1 saturated carbocycles. The van der Waals surface area contributed by atoms with Gasteiger partial charge in [-0.15, -0.1) is 0 Å². The van der Waals surface area contributed by atoms with Gasteiger partial charge in [0.15, 0.2) is 0 Å². The van der Waals surface area contributed by atoms with Gasteiger partial charge in [0.1, 0.15) is 5.82 Å². The van der Waals surface area contributed by atoms with Crippen molar-refractivity contribution in [3.8, 4) is 0 Å². The molecule has 0 spiro atoms. The molecule has 27 heavy (non-hydrogen) atoms. The third-order valence-electron chi connectivity index (χ3n) is 5.74. The van der Waals surface area contributed by atoms with Gasteiger partial charge < -0.3 is 15.3 Å². The molecule has 1 saturated heterocycles. The van der Waals surface area contributed by atoms with Gasteiger partial charge in [-0.2, -0.15) is 4.98 Å². The fourth-order valence-electron chi connectivity index (χ4n) is 4.23. The summed E-state index contributed by atoms with van der Waals surface area (Å²) in [5, 5.41) is 13.3. The summed E-state index contributed by atoms with van der Waals surface area (Å²) in [5.74, 6) is 1.51. The van der Waals surface area contributed by atoms with Crippen molar-refractivity contribution in [1.82, 2.24) is 14.3 Å². The van der Waals surface area contributed by atoms with Gasteiger partial charge in [-0.3, -0.25) is 0 Å². The monoisotopic (exact) mass is 393 g/mol. The number of anilines is 2. The van der Waals surface area contributed by atoms with Crippen molar-refractivity contribution in [2.24, 2.45) is 0 Å². The van der Waals surface area contributed by atoms with Crippen molar-refractivity contribution in [2.75, 3.05) is 36.1 Å². The molecule has 2 N–H and O–H groups in total. The van der Waals surface area contributed by atoms with Gasteiger partial charge in [0.2, 0.25) is 16.0 Å². The van der Waals surface area contributed by atoms with Crippen LogP contribution in [0.3, 0.4) is 0 Å². The SMILES string of the molecule is CS(=O)(=O)N1CCC(Nc2ncc3c(n2)N([C@@H]2CC[C@@H](O)C2)CC=C3)CC1. The standard InChI is InChI=1S/C18H27N5O3S/c1-27(25,26)22-9-6-14(7-10-22)20-18-19-12-13-3-2-8-23(17(13)21-18)15-4-5-16(24)11-15/h2-3,12,14-16,24H,4-11H2,1H3,(H,19,20,21)/t15-,16-/m1/s1. The molecule has 1 aliphatic carbocycles. The average Bonchev–Trinajstić information content (AvgIpc) is 3.07. The highest BCUT2D eigenvalue weighted by Gasteiger charge is 2.31. The number of aromatic nitrogens is 2. The Morgan fingerprint density at radius 1 is 1.22 bits per heavy atom. The van der Waals surface area contributed by atoms with E-state index < -0.39 is 10.0 Å². The van der Waals surface area contributed by atoms with Gasteiger partial charge in [-0.1, -0.05) is 12.2 Å². The number of piperidine rings is 1. The summed E-state index contributed by atoms with van der Waals surface area (Å²) in [5.41, 5.74) is 1.00. The summed E-state index contributed by atoms with van der Waals surface area (Å²) >= 11 is 0. The number of aliphatic hydroxyl groups is 1. The number of nitrogens with one attached hydrogen (secondary N) is 1. The number of sulfonamides is 1. The number of aliphatic hydroxyl groups excluding tert-OH is 1. The molecular formula is C18H27N5O3S. The highest BCUT2D eigenvalue weighted by Crippen LogP contribution is 2.32. The Labute approximate surface area is 160 Å². The van der Waals surface area contributed by atoms with Crippen LogP contribution in [0, 0.1) is 0 Å². The van der Waals surface area contributed by atoms with E-state index in [1.807, 2.05) is 12.3 Å². The average molecular weight is 394 g/mol. The van der Waals surface area contributed by atoms with Crippen LogP contribution in [0.2, 0.25) is 0 Å². The van der Waals surface area contributed by atoms with Gasteiger partial charge in [0.25, 0.3) is 0 Å². The Bertz CT molecular complexity index is 820. The lowest BCUT2D eigenvalue weighted by atomic mass is 10.1. The smallest absolute Gasteiger partial charge is 0.224 e. The maximum absolute atomic E-state index is 11.6. The number of rotatable bonds is 4. The van der Waals surface area contributed by atoms with Crippen molar-refractivity contribution in [1.29, 1.82) is 0 Å². The summed E-state index contributed by atoms with van der Waals surface area (Å²) in [4.78, 5) is 11.5. The van der Waals surface area contributed by atoms with Crippen molar-refractivity contribution in [3.63, 3.8) is 0 Å². The Balaban J connectivity index is 1.45. The van der Waals surface area contributed by atoms with Crippen LogP contribution in [0.25, 0.3) is 6.08 Å². The lowest BCUT2D eigenvalue weighted by Gasteiger charge is -2.33. The van der Waals surface area contributed by atoms with Crippen LogP contribution in [-0.4, -0.2) is 71.9 Å². The molecule has 8 nitrogen and oxygen atoms in total. The van der Waals surface area contributed by atoms with E-state index in [4.69, 9.17) is 4.98 Å². The van der Waals surface area contributed by atoms with Crippen LogP contribution < -0.4 is 10.2 Å². The number of hydrogen-bond donors (Lipinski definition) is 2. The van der Waals surface area contributed by atoms with E-state index in [1.54, 1.807) is 0 Å². The molecule has 1 aromatic heterocycles. The summed E-state index contributed by atoms with van der Waals surface area (Å²) < 4.78 is 24.8. The molecule has 0 bridgehead atoms. The quantitative estimate of drug-likeness (QED) is 0.789.